The van der Waals surface area contributed by atoms with E-state index in [1.807, 2.05) is 83.8 Å². The fourth-order valence-corrected chi connectivity index (χ4v) is 4.77. The quantitative estimate of drug-likeness (QED) is 0.387. The lowest BCUT2D eigenvalue weighted by Crippen LogP contribution is -2.37. The minimum atomic E-state index is -0.328. The van der Waals surface area contributed by atoms with Crippen LogP contribution in [0.15, 0.2) is 102 Å². The zero-order valence-corrected chi connectivity index (χ0v) is 21.8. The van der Waals surface area contributed by atoms with Crippen molar-refractivity contribution in [2.24, 2.45) is 7.05 Å². The van der Waals surface area contributed by atoms with Gasteiger partial charge in [0.2, 0.25) is 0 Å². The molecule has 6 nitrogen and oxygen atoms in total. The van der Waals surface area contributed by atoms with Crippen molar-refractivity contribution in [1.29, 1.82) is 0 Å². The second-order valence-electron chi connectivity index (χ2n) is 9.69. The highest BCUT2D eigenvalue weighted by Crippen LogP contribution is 2.29. The van der Waals surface area contributed by atoms with Crippen LogP contribution in [-0.4, -0.2) is 34.4 Å². The summed E-state index contributed by atoms with van der Waals surface area (Å²) in [5.41, 5.74) is 4.47. The van der Waals surface area contributed by atoms with E-state index in [0.29, 0.717) is 36.0 Å². The van der Waals surface area contributed by atoms with Crippen LogP contribution in [0.1, 0.15) is 56.3 Å². The zero-order valence-electron chi connectivity index (χ0n) is 21.8. The molecule has 0 radical (unpaired) electrons. The van der Waals surface area contributed by atoms with Crippen molar-refractivity contribution < 1.29 is 9.59 Å². The maximum Gasteiger partial charge on any atom is 0.272 e. The van der Waals surface area contributed by atoms with Gasteiger partial charge >= 0.3 is 0 Å². The summed E-state index contributed by atoms with van der Waals surface area (Å²) >= 11 is 0. The second-order valence-corrected chi connectivity index (χ2v) is 9.69. The Hall–Kier alpha value is -4.89. The Morgan fingerprint density at radius 2 is 1.46 bits per heavy atom. The molecule has 39 heavy (non-hydrogen) atoms. The third-order valence-corrected chi connectivity index (χ3v) is 7.03. The number of hydrogen-bond donors (Lipinski definition) is 1. The molecule has 0 unspecified atom stereocenters. The van der Waals surface area contributed by atoms with Crippen LogP contribution < -0.4 is 10.7 Å². The minimum absolute atomic E-state index is 0.0457. The lowest BCUT2D eigenvalue weighted by Gasteiger charge is -2.32. The van der Waals surface area contributed by atoms with Crippen molar-refractivity contribution in [3.8, 4) is 11.8 Å². The normalized spacial score (nSPS) is 13.3. The van der Waals surface area contributed by atoms with E-state index in [4.69, 9.17) is 0 Å². The van der Waals surface area contributed by atoms with Crippen molar-refractivity contribution >= 4 is 17.5 Å². The first-order valence-corrected chi connectivity index (χ1v) is 13.0. The van der Waals surface area contributed by atoms with Crippen LogP contribution in [0.2, 0.25) is 0 Å². The summed E-state index contributed by atoms with van der Waals surface area (Å²) in [5, 5.41) is 2.86. The first kappa shape index (κ1) is 25.7. The first-order valence-electron chi connectivity index (χ1n) is 13.0. The topological polar surface area (TPSA) is 71.4 Å². The summed E-state index contributed by atoms with van der Waals surface area (Å²) in [4.78, 5) is 39.2. The summed E-state index contributed by atoms with van der Waals surface area (Å²) < 4.78 is 1.62. The molecule has 2 heterocycles. The number of carbonyl (C=O) groups excluding carboxylic acids is 2. The number of rotatable bonds is 4. The third-order valence-electron chi connectivity index (χ3n) is 7.03. The molecular weight excluding hydrogens is 486 g/mol. The van der Waals surface area contributed by atoms with E-state index in [1.165, 1.54) is 17.7 Å². The standard InChI is InChI=1S/C33H29N3O3/c1-35-20-19-30(37)23-31(35)32(38)34-29-15-13-26(14-16-29)27-17-21-36(22-18-27)33(39)28-11-9-25(10-12-28)8-7-24-5-3-2-4-6-24/h2-6,9-16,19-20,23,27H,17-18,21-22H2,1H3,(H,34,38). The number of pyridine rings is 1. The number of carbonyl (C=O) groups is 2. The summed E-state index contributed by atoms with van der Waals surface area (Å²) in [7, 11) is 1.73. The first-order chi connectivity index (χ1) is 19.0. The third kappa shape index (κ3) is 6.34. The Balaban J connectivity index is 1.15. The molecule has 1 N–H and O–H groups in total. The number of benzene rings is 3. The molecule has 1 saturated heterocycles. The van der Waals surface area contributed by atoms with Crippen molar-refractivity contribution in [2.45, 2.75) is 18.8 Å². The van der Waals surface area contributed by atoms with E-state index in [-0.39, 0.29) is 17.2 Å². The van der Waals surface area contributed by atoms with Gasteiger partial charge in [0.05, 0.1) is 0 Å². The van der Waals surface area contributed by atoms with Gasteiger partial charge in [-0.2, -0.15) is 0 Å². The van der Waals surface area contributed by atoms with Crippen molar-refractivity contribution in [3.05, 3.63) is 135 Å². The number of hydrogen-bond acceptors (Lipinski definition) is 3. The maximum absolute atomic E-state index is 13.1. The molecule has 0 atom stereocenters. The highest BCUT2D eigenvalue weighted by molar-refractivity contribution is 6.03. The van der Waals surface area contributed by atoms with Gasteiger partial charge in [0.15, 0.2) is 5.43 Å². The van der Waals surface area contributed by atoms with Crippen LogP contribution in [0.25, 0.3) is 0 Å². The second kappa shape index (κ2) is 11.7. The van der Waals surface area contributed by atoms with Crippen LogP contribution in [-0.2, 0) is 7.05 Å². The fraction of sp³-hybridized carbons (Fsp3) is 0.182. The zero-order chi connectivity index (χ0) is 27.2. The van der Waals surface area contributed by atoms with Crippen molar-refractivity contribution in [2.75, 3.05) is 18.4 Å². The summed E-state index contributed by atoms with van der Waals surface area (Å²) in [5.74, 6) is 6.35. The van der Waals surface area contributed by atoms with Gasteiger partial charge < -0.3 is 14.8 Å². The number of aromatic nitrogens is 1. The molecule has 5 rings (SSSR count). The van der Waals surface area contributed by atoms with E-state index in [2.05, 4.69) is 17.2 Å². The van der Waals surface area contributed by atoms with E-state index in [1.54, 1.807) is 17.8 Å². The van der Waals surface area contributed by atoms with Gasteiger partial charge in [-0.1, -0.05) is 42.2 Å². The number of piperidine rings is 1. The summed E-state index contributed by atoms with van der Waals surface area (Å²) in [6.07, 6.45) is 3.34. The van der Waals surface area contributed by atoms with Gasteiger partial charge in [0.1, 0.15) is 5.69 Å². The van der Waals surface area contributed by atoms with Gasteiger partial charge in [0, 0.05) is 60.8 Å². The lowest BCUT2D eigenvalue weighted by atomic mass is 9.89. The molecule has 2 amide bonds. The van der Waals surface area contributed by atoms with E-state index in [9.17, 15) is 14.4 Å². The minimum Gasteiger partial charge on any atom is -0.346 e. The van der Waals surface area contributed by atoms with Gasteiger partial charge in [0.25, 0.3) is 11.8 Å². The van der Waals surface area contributed by atoms with Crippen LogP contribution in [0, 0.1) is 11.8 Å². The fourth-order valence-electron chi connectivity index (χ4n) is 4.77. The molecule has 194 valence electrons. The summed E-state index contributed by atoms with van der Waals surface area (Å²) in [6.45, 7) is 1.39. The van der Waals surface area contributed by atoms with Crippen LogP contribution in [0.5, 0.6) is 0 Å². The Kier molecular flexibility index (Phi) is 7.70. The molecule has 3 aromatic carbocycles. The highest BCUT2D eigenvalue weighted by atomic mass is 16.2. The Morgan fingerprint density at radius 3 is 2.13 bits per heavy atom. The molecule has 0 bridgehead atoms. The predicted molar refractivity (Wildman–Crippen MR) is 153 cm³/mol. The molecule has 0 spiro atoms. The average molecular weight is 516 g/mol. The molecule has 0 aliphatic carbocycles. The largest absolute Gasteiger partial charge is 0.346 e. The molecule has 6 heteroatoms. The van der Waals surface area contributed by atoms with Gasteiger partial charge in [-0.3, -0.25) is 14.4 Å². The van der Waals surface area contributed by atoms with E-state index in [0.717, 1.165) is 24.0 Å². The number of likely N-dealkylation sites (tertiary alicyclic amines) is 1. The summed E-state index contributed by atoms with van der Waals surface area (Å²) in [6, 6.07) is 27.9. The predicted octanol–water partition coefficient (Wildman–Crippen LogP) is 5.06. The van der Waals surface area contributed by atoms with E-state index >= 15 is 0 Å². The monoisotopic (exact) mass is 515 g/mol. The van der Waals surface area contributed by atoms with E-state index < -0.39 is 0 Å². The number of amides is 2. The Labute approximate surface area is 227 Å². The van der Waals surface area contributed by atoms with Crippen LogP contribution in [0.3, 0.4) is 0 Å². The molecule has 1 aromatic heterocycles. The molecule has 0 saturated carbocycles. The maximum atomic E-state index is 13.1. The Bertz CT molecular complexity index is 1590. The molecule has 1 aliphatic rings. The van der Waals surface area contributed by atoms with Crippen LogP contribution >= 0.6 is 0 Å². The number of anilines is 1. The average Bonchev–Trinajstić information content (AvgIpc) is 2.98. The molecule has 4 aromatic rings. The van der Waals surface area contributed by atoms with Crippen LogP contribution in [0.4, 0.5) is 5.69 Å². The molecular formula is C33H29N3O3. The van der Waals surface area contributed by atoms with Gasteiger partial charge in [-0.05, 0) is 72.9 Å². The van der Waals surface area contributed by atoms with Gasteiger partial charge in [-0.25, -0.2) is 0 Å². The van der Waals surface area contributed by atoms with Crippen molar-refractivity contribution in [3.63, 3.8) is 0 Å². The lowest BCUT2D eigenvalue weighted by molar-refractivity contribution is 0.0713. The highest BCUT2D eigenvalue weighted by Gasteiger charge is 2.24. The molecule has 1 fully saturated rings. The SMILES string of the molecule is Cn1ccc(=O)cc1C(=O)Nc1ccc(C2CCN(C(=O)c3ccc(C#Cc4ccccc4)cc3)CC2)cc1. The number of nitrogens with zero attached hydrogens (tertiary/aromatic N) is 2. The number of aryl methyl sites for hydroxylation is 1. The van der Waals surface area contributed by atoms with Crippen molar-refractivity contribution in [1.82, 2.24) is 9.47 Å². The van der Waals surface area contributed by atoms with Gasteiger partial charge in [-0.15, -0.1) is 0 Å². The molecule has 1 aliphatic heterocycles. The Morgan fingerprint density at radius 1 is 0.821 bits per heavy atom. The smallest absolute Gasteiger partial charge is 0.272 e. The number of nitrogens with one attached hydrogen (secondary N) is 1.